The lowest BCUT2D eigenvalue weighted by molar-refractivity contribution is 0.0702. The summed E-state index contributed by atoms with van der Waals surface area (Å²) in [6.45, 7) is 3.97. The maximum absolute atomic E-state index is 12.5. The molecule has 1 N–H and O–H groups in total. The van der Waals surface area contributed by atoms with E-state index in [-0.39, 0.29) is 11.9 Å². The highest BCUT2D eigenvalue weighted by Crippen LogP contribution is 2.18. The zero-order valence-electron chi connectivity index (χ0n) is 12.0. The van der Waals surface area contributed by atoms with Crippen molar-refractivity contribution in [3.05, 3.63) is 59.7 Å². The first-order valence-electron chi connectivity index (χ1n) is 7.10. The van der Waals surface area contributed by atoms with Crippen molar-refractivity contribution >= 4 is 5.91 Å². The van der Waals surface area contributed by atoms with E-state index in [0.717, 1.165) is 6.54 Å². The predicted molar refractivity (Wildman–Crippen MR) is 79.9 cm³/mol. The topological polar surface area (TPSA) is 58.1 Å². The average Bonchev–Trinajstić information content (AvgIpc) is 2.56. The van der Waals surface area contributed by atoms with Crippen molar-refractivity contribution in [3.63, 3.8) is 0 Å². The van der Waals surface area contributed by atoms with Crippen LogP contribution in [0.25, 0.3) is 0 Å². The summed E-state index contributed by atoms with van der Waals surface area (Å²) >= 11 is 0. The maximum atomic E-state index is 12.5. The summed E-state index contributed by atoms with van der Waals surface area (Å²) in [5.41, 5.74) is 1.75. The summed E-state index contributed by atoms with van der Waals surface area (Å²) in [7, 11) is 0. The first-order chi connectivity index (χ1) is 10.2. The second kappa shape index (κ2) is 6.01. The second-order valence-electron chi connectivity index (χ2n) is 5.19. The van der Waals surface area contributed by atoms with Gasteiger partial charge >= 0.3 is 0 Å². The van der Waals surface area contributed by atoms with Gasteiger partial charge in [0.1, 0.15) is 5.82 Å². The fraction of sp³-hybridized carbons (Fsp3) is 0.312. The number of carbonyl (C=O) groups excluding carboxylic acids is 1. The number of aromatic nitrogens is 2. The van der Waals surface area contributed by atoms with Crippen molar-refractivity contribution in [2.24, 2.45) is 0 Å². The fourth-order valence-corrected chi connectivity index (χ4v) is 2.53. The Morgan fingerprint density at radius 1 is 1.24 bits per heavy atom. The molecule has 21 heavy (non-hydrogen) atoms. The molecule has 0 spiro atoms. The van der Waals surface area contributed by atoms with Crippen LogP contribution in [0.15, 0.2) is 42.7 Å². The van der Waals surface area contributed by atoms with E-state index in [4.69, 9.17) is 0 Å². The van der Waals surface area contributed by atoms with Gasteiger partial charge in [-0.25, -0.2) is 9.97 Å². The molecule has 2 aromatic rings. The molecule has 5 heteroatoms. The molecule has 0 saturated carbocycles. The van der Waals surface area contributed by atoms with Crippen molar-refractivity contribution < 1.29 is 4.79 Å². The number of benzene rings is 1. The fourth-order valence-electron chi connectivity index (χ4n) is 2.53. The van der Waals surface area contributed by atoms with Crippen LogP contribution in [0.5, 0.6) is 0 Å². The molecule has 1 atom stereocenters. The number of carbonyl (C=O) groups is 1. The quantitative estimate of drug-likeness (QED) is 0.908. The molecule has 1 amide bonds. The molecule has 0 unspecified atom stereocenters. The van der Waals surface area contributed by atoms with E-state index in [0.29, 0.717) is 24.5 Å². The van der Waals surface area contributed by atoms with E-state index in [1.165, 1.54) is 5.56 Å². The van der Waals surface area contributed by atoms with Crippen LogP contribution in [0.2, 0.25) is 0 Å². The number of rotatable bonds is 2. The second-order valence-corrected chi connectivity index (χ2v) is 5.19. The van der Waals surface area contributed by atoms with E-state index in [9.17, 15) is 4.79 Å². The highest BCUT2D eigenvalue weighted by Gasteiger charge is 2.25. The monoisotopic (exact) mass is 282 g/mol. The van der Waals surface area contributed by atoms with Crippen molar-refractivity contribution in [2.75, 3.05) is 19.6 Å². The molecule has 1 aliphatic heterocycles. The third kappa shape index (κ3) is 3.08. The Kier molecular flexibility index (Phi) is 3.92. The number of amides is 1. The van der Waals surface area contributed by atoms with Gasteiger partial charge in [0.15, 0.2) is 0 Å². The molecule has 0 aliphatic carbocycles. The van der Waals surface area contributed by atoms with E-state index in [1.807, 2.05) is 30.0 Å². The lowest BCUT2D eigenvalue weighted by atomic mass is 10.0. The molecule has 5 nitrogen and oxygen atoms in total. The smallest absolute Gasteiger partial charge is 0.257 e. The molecule has 1 aromatic heterocycles. The molecular weight excluding hydrogens is 264 g/mol. The van der Waals surface area contributed by atoms with E-state index in [2.05, 4.69) is 27.4 Å². The van der Waals surface area contributed by atoms with Gasteiger partial charge in [-0.2, -0.15) is 0 Å². The van der Waals surface area contributed by atoms with Gasteiger partial charge in [-0.15, -0.1) is 0 Å². The van der Waals surface area contributed by atoms with Crippen molar-refractivity contribution in [1.29, 1.82) is 0 Å². The first-order valence-corrected chi connectivity index (χ1v) is 7.10. The van der Waals surface area contributed by atoms with Crippen molar-refractivity contribution in [1.82, 2.24) is 20.2 Å². The van der Waals surface area contributed by atoms with Crippen LogP contribution in [0.3, 0.4) is 0 Å². The van der Waals surface area contributed by atoms with Crippen LogP contribution in [0.1, 0.15) is 27.8 Å². The molecule has 2 heterocycles. The standard InChI is InChI=1S/C16H18N4O/c1-12-18-9-14(10-19-12)16(21)20-8-7-17-15(11-20)13-5-3-2-4-6-13/h2-6,9-10,15,17H,7-8,11H2,1H3/t15-/m1/s1. The molecule has 1 aliphatic rings. The first kappa shape index (κ1) is 13.7. The van der Waals surface area contributed by atoms with Crippen LogP contribution in [-0.2, 0) is 0 Å². The molecule has 108 valence electrons. The van der Waals surface area contributed by atoms with Crippen LogP contribution in [0, 0.1) is 6.92 Å². The minimum absolute atomic E-state index is 0.00238. The SMILES string of the molecule is Cc1ncc(C(=O)N2CCN[C@@H](c3ccccc3)C2)cn1. The number of hydrogen-bond donors (Lipinski definition) is 1. The highest BCUT2D eigenvalue weighted by atomic mass is 16.2. The average molecular weight is 282 g/mol. The summed E-state index contributed by atoms with van der Waals surface area (Å²) in [6.07, 6.45) is 3.20. The number of hydrogen-bond acceptors (Lipinski definition) is 4. The Labute approximate surface area is 124 Å². The molecule has 0 radical (unpaired) electrons. The molecule has 1 fully saturated rings. The van der Waals surface area contributed by atoms with Crippen LogP contribution >= 0.6 is 0 Å². The van der Waals surface area contributed by atoms with E-state index >= 15 is 0 Å². The van der Waals surface area contributed by atoms with Gasteiger partial charge in [-0.3, -0.25) is 4.79 Å². The normalized spacial score (nSPS) is 18.5. The number of nitrogens with zero attached hydrogens (tertiary/aromatic N) is 3. The minimum Gasteiger partial charge on any atom is -0.335 e. The largest absolute Gasteiger partial charge is 0.335 e. The third-order valence-electron chi connectivity index (χ3n) is 3.69. The Morgan fingerprint density at radius 3 is 2.67 bits per heavy atom. The van der Waals surface area contributed by atoms with Gasteiger partial charge in [0.25, 0.3) is 5.91 Å². The van der Waals surface area contributed by atoms with Crippen molar-refractivity contribution in [3.8, 4) is 0 Å². The summed E-state index contributed by atoms with van der Waals surface area (Å²) < 4.78 is 0. The van der Waals surface area contributed by atoms with E-state index in [1.54, 1.807) is 12.4 Å². The lowest BCUT2D eigenvalue weighted by Crippen LogP contribution is -2.48. The van der Waals surface area contributed by atoms with Gasteiger partial charge in [0, 0.05) is 38.1 Å². The third-order valence-corrected chi connectivity index (χ3v) is 3.69. The van der Waals surface area contributed by atoms with E-state index < -0.39 is 0 Å². The minimum atomic E-state index is -0.00238. The number of nitrogens with one attached hydrogen (secondary N) is 1. The van der Waals surface area contributed by atoms with Crippen LogP contribution in [0.4, 0.5) is 0 Å². The van der Waals surface area contributed by atoms with Crippen LogP contribution in [-0.4, -0.2) is 40.4 Å². The van der Waals surface area contributed by atoms with Crippen molar-refractivity contribution in [2.45, 2.75) is 13.0 Å². The van der Waals surface area contributed by atoms with Gasteiger partial charge < -0.3 is 10.2 Å². The molecule has 3 rings (SSSR count). The van der Waals surface area contributed by atoms with Gasteiger partial charge in [0.05, 0.1) is 5.56 Å². The molecule has 1 aromatic carbocycles. The Morgan fingerprint density at radius 2 is 1.95 bits per heavy atom. The highest BCUT2D eigenvalue weighted by molar-refractivity contribution is 5.93. The zero-order chi connectivity index (χ0) is 14.7. The summed E-state index contributed by atoms with van der Waals surface area (Å²) in [4.78, 5) is 22.6. The molecular formula is C16H18N4O. The summed E-state index contributed by atoms with van der Waals surface area (Å²) in [6, 6.07) is 10.4. The van der Waals surface area contributed by atoms with Crippen LogP contribution < -0.4 is 5.32 Å². The van der Waals surface area contributed by atoms with Gasteiger partial charge in [-0.1, -0.05) is 30.3 Å². The molecule has 0 bridgehead atoms. The van der Waals surface area contributed by atoms with Gasteiger partial charge in [0.2, 0.25) is 0 Å². The molecule has 1 saturated heterocycles. The number of aryl methyl sites for hydroxylation is 1. The van der Waals surface area contributed by atoms with Gasteiger partial charge in [-0.05, 0) is 12.5 Å². The summed E-state index contributed by atoms with van der Waals surface area (Å²) in [5.74, 6) is 0.673. The Balaban J connectivity index is 1.74. The Hall–Kier alpha value is -2.27. The Bertz CT molecular complexity index is 612. The lowest BCUT2D eigenvalue weighted by Gasteiger charge is -2.34. The zero-order valence-corrected chi connectivity index (χ0v) is 12.0. The summed E-state index contributed by atoms with van der Waals surface area (Å²) in [5, 5.41) is 3.46. The maximum Gasteiger partial charge on any atom is 0.257 e. The number of piperazine rings is 1. The predicted octanol–water partition coefficient (Wildman–Crippen LogP) is 1.57.